The molecule has 0 aliphatic heterocycles. The summed E-state index contributed by atoms with van der Waals surface area (Å²) in [6.45, 7) is 4.84. The fourth-order valence-electron chi connectivity index (χ4n) is 2.33. The Labute approximate surface area is 124 Å². The lowest BCUT2D eigenvalue weighted by Gasteiger charge is -2.21. The number of pyridine rings is 1. The number of aromatic nitrogens is 1. The maximum Gasteiger partial charge on any atom is 0.216 e. The van der Waals surface area contributed by atoms with Crippen molar-refractivity contribution in [1.82, 2.24) is 10.3 Å². The van der Waals surface area contributed by atoms with E-state index in [2.05, 4.69) is 15.2 Å². The SMILES string of the molecule is CC(=O)NCCCN(C)c1cc(C)nc2ccc(F)cc12. The molecular formula is C16H20FN3O. The van der Waals surface area contributed by atoms with Gasteiger partial charge in [0.1, 0.15) is 5.82 Å². The van der Waals surface area contributed by atoms with E-state index in [1.54, 1.807) is 6.07 Å². The Kier molecular flexibility index (Phi) is 4.73. The monoisotopic (exact) mass is 289 g/mol. The molecule has 1 aromatic carbocycles. The van der Waals surface area contributed by atoms with Gasteiger partial charge in [0, 0.05) is 43.8 Å². The van der Waals surface area contributed by atoms with E-state index in [4.69, 9.17) is 0 Å². The van der Waals surface area contributed by atoms with Crippen molar-refractivity contribution in [3.63, 3.8) is 0 Å². The largest absolute Gasteiger partial charge is 0.374 e. The predicted octanol–water partition coefficient (Wildman–Crippen LogP) is 2.64. The molecule has 1 amide bonds. The quantitative estimate of drug-likeness (QED) is 0.861. The summed E-state index contributed by atoms with van der Waals surface area (Å²) < 4.78 is 13.5. The third kappa shape index (κ3) is 3.90. The average Bonchev–Trinajstić information content (AvgIpc) is 2.42. The van der Waals surface area contributed by atoms with Gasteiger partial charge in [-0.05, 0) is 37.6 Å². The number of aryl methyl sites for hydroxylation is 1. The van der Waals surface area contributed by atoms with Crippen molar-refractivity contribution in [2.24, 2.45) is 0 Å². The predicted molar refractivity (Wildman–Crippen MR) is 83.0 cm³/mol. The van der Waals surface area contributed by atoms with Crippen LogP contribution in [0.2, 0.25) is 0 Å². The van der Waals surface area contributed by atoms with Crippen LogP contribution in [0.25, 0.3) is 10.9 Å². The van der Waals surface area contributed by atoms with E-state index in [1.165, 1.54) is 19.1 Å². The zero-order valence-corrected chi connectivity index (χ0v) is 12.6. The summed E-state index contributed by atoms with van der Waals surface area (Å²) in [6.07, 6.45) is 0.828. The molecule has 1 heterocycles. The number of halogens is 1. The highest BCUT2D eigenvalue weighted by Gasteiger charge is 2.09. The van der Waals surface area contributed by atoms with Gasteiger partial charge >= 0.3 is 0 Å². The van der Waals surface area contributed by atoms with Crippen LogP contribution >= 0.6 is 0 Å². The van der Waals surface area contributed by atoms with Crippen molar-refractivity contribution in [2.45, 2.75) is 20.3 Å². The minimum Gasteiger partial charge on any atom is -0.374 e. The highest BCUT2D eigenvalue weighted by atomic mass is 19.1. The van der Waals surface area contributed by atoms with E-state index < -0.39 is 0 Å². The van der Waals surface area contributed by atoms with Gasteiger partial charge in [0.2, 0.25) is 5.91 Å². The number of nitrogens with zero attached hydrogens (tertiary/aromatic N) is 2. The normalized spacial score (nSPS) is 10.7. The van der Waals surface area contributed by atoms with Gasteiger partial charge in [0.25, 0.3) is 0 Å². The lowest BCUT2D eigenvalue weighted by molar-refractivity contribution is -0.118. The zero-order chi connectivity index (χ0) is 15.4. The number of fused-ring (bicyclic) bond motifs is 1. The van der Waals surface area contributed by atoms with Crippen LogP contribution in [-0.2, 0) is 4.79 Å². The second-order valence-corrected chi connectivity index (χ2v) is 5.20. The van der Waals surface area contributed by atoms with E-state index in [1.807, 2.05) is 20.0 Å². The van der Waals surface area contributed by atoms with Gasteiger partial charge in [-0.3, -0.25) is 9.78 Å². The zero-order valence-electron chi connectivity index (χ0n) is 12.6. The molecule has 4 nitrogen and oxygen atoms in total. The number of benzene rings is 1. The van der Waals surface area contributed by atoms with Crippen LogP contribution in [0.1, 0.15) is 19.0 Å². The van der Waals surface area contributed by atoms with Crippen molar-refractivity contribution < 1.29 is 9.18 Å². The first-order valence-electron chi connectivity index (χ1n) is 7.00. The standard InChI is InChI=1S/C16H20FN3O/c1-11-9-16(20(3)8-4-7-18-12(2)21)14-10-13(17)5-6-15(14)19-11/h5-6,9-10H,4,7-8H2,1-3H3,(H,18,21). The second kappa shape index (κ2) is 6.52. The smallest absolute Gasteiger partial charge is 0.216 e. The van der Waals surface area contributed by atoms with Crippen LogP contribution in [-0.4, -0.2) is 31.0 Å². The van der Waals surface area contributed by atoms with Crippen LogP contribution in [0.5, 0.6) is 0 Å². The molecule has 0 saturated heterocycles. The lowest BCUT2D eigenvalue weighted by Crippen LogP contribution is -2.26. The second-order valence-electron chi connectivity index (χ2n) is 5.20. The molecule has 0 atom stereocenters. The average molecular weight is 289 g/mol. The molecule has 2 rings (SSSR count). The topological polar surface area (TPSA) is 45.2 Å². The van der Waals surface area contributed by atoms with E-state index in [-0.39, 0.29) is 11.7 Å². The molecule has 0 aliphatic rings. The third-order valence-corrected chi connectivity index (χ3v) is 3.33. The molecule has 112 valence electrons. The summed E-state index contributed by atoms with van der Waals surface area (Å²) >= 11 is 0. The molecule has 0 fully saturated rings. The summed E-state index contributed by atoms with van der Waals surface area (Å²) in [5.41, 5.74) is 2.65. The van der Waals surface area contributed by atoms with Crippen LogP contribution < -0.4 is 10.2 Å². The molecule has 1 N–H and O–H groups in total. The number of hydrogen-bond donors (Lipinski definition) is 1. The van der Waals surface area contributed by atoms with Crippen LogP contribution in [0.3, 0.4) is 0 Å². The minimum absolute atomic E-state index is 0.0232. The Morgan fingerprint density at radius 1 is 1.38 bits per heavy atom. The number of carbonyl (C=O) groups excluding carboxylic acids is 1. The first-order chi connectivity index (χ1) is 9.97. The third-order valence-electron chi connectivity index (χ3n) is 3.33. The molecule has 0 radical (unpaired) electrons. The van der Waals surface area contributed by atoms with E-state index in [0.29, 0.717) is 6.54 Å². The number of nitrogens with one attached hydrogen (secondary N) is 1. The van der Waals surface area contributed by atoms with E-state index >= 15 is 0 Å². The van der Waals surface area contributed by atoms with Gasteiger partial charge in [-0.2, -0.15) is 0 Å². The molecule has 1 aromatic heterocycles. The molecule has 5 heteroatoms. The van der Waals surface area contributed by atoms with Crippen molar-refractivity contribution >= 4 is 22.5 Å². The number of hydrogen-bond acceptors (Lipinski definition) is 3. The van der Waals surface area contributed by atoms with E-state index in [0.717, 1.165) is 35.2 Å². The van der Waals surface area contributed by atoms with Gasteiger partial charge in [0.15, 0.2) is 0 Å². The molecule has 0 aliphatic carbocycles. The molecule has 0 saturated carbocycles. The number of anilines is 1. The van der Waals surface area contributed by atoms with Crippen molar-refractivity contribution in [3.8, 4) is 0 Å². The van der Waals surface area contributed by atoms with Crippen LogP contribution in [0, 0.1) is 12.7 Å². The molecule has 0 bridgehead atoms. The Balaban J connectivity index is 2.19. The van der Waals surface area contributed by atoms with Crippen LogP contribution in [0.15, 0.2) is 24.3 Å². The van der Waals surface area contributed by atoms with Crippen molar-refractivity contribution in [2.75, 3.05) is 25.0 Å². The fraction of sp³-hybridized carbons (Fsp3) is 0.375. The Bertz CT molecular complexity index is 657. The van der Waals surface area contributed by atoms with Gasteiger partial charge in [-0.1, -0.05) is 0 Å². The summed E-state index contributed by atoms with van der Waals surface area (Å²) in [5.74, 6) is -0.286. The molecular weight excluding hydrogens is 269 g/mol. The number of amides is 1. The lowest BCUT2D eigenvalue weighted by atomic mass is 10.1. The highest BCUT2D eigenvalue weighted by molar-refractivity contribution is 5.91. The highest BCUT2D eigenvalue weighted by Crippen LogP contribution is 2.26. The van der Waals surface area contributed by atoms with Crippen LogP contribution in [0.4, 0.5) is 10.1 Å². The number of rotatable bonds is 5. The maximum atomic E-state index is 13.5. The minimum atomic E-state index is -0.263. The van der Waals surface area contributed by atoms with Gasteiger partial charge in [0.05, 0.1) is 5.52 Å². The van der Waals surface area contributed by atoms with E-state index in [9.17, 15) is 9.18 Å². The van der Waals surface area contributed by atoms with Gasteiger partial charge in [-0.15, -0.1) is 0 Å². The molecule has 2 aromatic rings. The first-order valence-corrected chi connectivity index (χ1v) is 7.00. The fourth-order valence-corrected chi connectivity index (χ4v) is 2.33. The van der Waals surface area contributed by atoms with Gasteiger partial charge in [-0.25, -0.2) is 4.39 Å². The Morgan fingerprint density at radius 3 is 2.86 bits per heavy atom. The Hall–Kier alpha value is -2.17. The first kappa shape index (κ1) is 15.2. The summed E-state index contributed by atoms with van der Waals surface area (Å²) in [5, 5.41) is 3.58. The molecule has 21 heavy (non-hydrogen) atoms. The molecule has 0 unspecified atom stereocenters. The molecule has 0 spiro atoms. The summed E-state index contributed by atoms with van der Waals surface area (Å²) in [6, 6.07) is 6.60. The Morgan fingerprint density at radius 2 is 2.14 bits per heavy atom. The summed E-state index contributed by atoms with van der Waals surface area (Å²) in [7, 11) is 1.97. The van der Waals surface area contributed by atoms with Crippen molar-refractivity contribution in [1.29, 1.82) is 0 Å². The maximum absolute atomic E-state index is 13.5. The van der Waals surface area contributed by atoms with Crippen molar-refractivity contribution in [3.05, 3.63) is 35.8 Å². The summed E-state index contributed by atoms with van der Waals surface area (Å²) in [4.78, 5) is 17.3. The number of carbonyl (C=O) groups is 1. The van der Waals surface area contributed by atoms with Gasteiger partial charge < -0.3 is 10.2 Å².